The van der Waals surface area contributed by atoms with Crippen molar-refractivity contribution >= 4 is 28.3 Å². The third-order valence-electron chi connectivity index (χ3n) is 4.16. The minimum atomic E-state index is -0.934. The molecule has 0 saturated carbocycles. The van der Waals surface area contributed by atoms with Crippen LogP contribution in [0.2, 0.25) is 0 Å². The largest absolute Gasteiger partial charge is 0.598 e. The molecule has 1 atom stereocenters. The van der Waals surface area contributed by atoms with Gasteiger partial charge in [0, 0.05) is 43.1 Å². The van der Waals surface area contributed by atoms with Crippen LogP contribution in [0, 0.1) is 0 Å². The first-order chi connectivity index (χ1) is 10.6. The Labute approximate surface area is 131 Å². The van der Waals surface area contributed by atoms with Gasteiger partial charge in [-0.25, -0.2) is 4.63 Å². The Morgan fingerprint density at radius 2 is 2.05 bits per heavy atom. The van der Waals surface area contributed by atoms with Gasteiger partial charge in [0.15, 0.2) is 0 Å². The van der Waals surface area contributed by atoms with Gasteiger partial charge in [0.2, 0.25) is 0 Å². The van der Waals surface area contributed by atoms with E-state index in [9.17, 15) is 9.35 Å². The molecule has 2 heterocycles. The summed E-state index contributed by atoms with van der Waals surface area (Å²) in [6.07, 6.45) is 3.35. The van der Waals surface area contributed by atoms with E-state index in [0.29, 0.717) is 16.6 Å². The summed E-state index contributed by atoms with van der Waals surface area (Å²) in [6.45, 7) is 1.50. The smallest absolute Gasteiger partial charge is 0.253 e. The summed E-state index contributed by atoms with van der Waals surface area (Å²) in [5.74, 6) is -0.0408. The van der Waals surface area contributed by atoms with Crippen molar-refractivity contribution in [2.75, 3.05) is 26.4 Å². The van der Waals surface area contributed by atoms with Crippen molar-refractivity contribution in [3.05, 3.63) is 23.8 Å². The molecule has 1 aromatic heterocycles. The second-order valence-electron chi connectivity index (χ2n) is 5.47. The second-order valence-corrected chi connectivity index (χ2v) is 6.83. The molecule has 0 N–H and O–H groups in total. The van der Waals surface area contributed by atoms with Crippen molar-refractivity contribution in [3.63, 3.8) is 0 Å². The predicted molar refractivity (Wildman–Crippen MR) is 82.6 cm³/mol. The van der Waals surface area contributed by atoms with Crippen LogP contribution in [-0.2, 0) is 11.4 Å². The lowest BCUT2D eigenvalue weighted by Crippen LogP contribution is -2.47. The summed E-state index contributed by atoms with van der Waals surface area (Å²) >= 11 is -0.934. The van der Waals surface area contributed by atoms with Crippen LogP contribution >= 0.6 is 0 Å². The van der Waals surface area contributed by atoms with Crippen molar-refractivity contribution in [2.45, 2.75) is 18.9 Å². The standard InChI is InChI=1S/C14H18N4O3S/c1-17(11-5-7-18(8-6-11)22(2)20)14(19)10-3-4-12-13(9-10)16-21-15-12/h3-4,9,11H,5-8H2,1-2H3. The molecule has 22 heavy (non-hydrogen) atoms. The van der Waals surface area contributed by atoms with E-state index in [4.69, 9.17) is 0 Å². The van der Waals surface area contributed by atoms with Crippen molar-refractivity contribution in [1.82, 2.24) is 19.5 Å². The summed E-state index contributed by atoms with van der Waals surface area (Å²) in [4.78, 5) is 14.4. The fourth-order valence-electron chi connectivity index (χ4n) is 2.77. The van der Waals surface area contributed by atoms with Crippen molar-refractivity contribution in [2.24, 2.45) is 0 Å². The molecule has 1 aliphatic rings. The van der Waals surface area contributed by atoms with Crippen molar-refractivity contribution in [1.29, 1.82) is 0 Å². The van der Waals surface area contributed by atoms with Gasteiger partial charge < -0.3 is 9.45 Å². The Balaban J connectivity index is 1.69. The Kier molecular flexibility index (Phi) is 4.32. The predicted octanol–water partition coefficient (Wildman–Crippen LogP) is 1.05. The topological polar surface area (TPSA) is 85.5 Å². The van der Waals surface area contributed by atoms with Gasteiger partial charge in [0.05, 0.1) is 0 Å². The molecule has 1 saturated heterocycles. The highest BCUT2D eigenvalue weighted by Crippen LogP contribution is 2.20. The number of rotatable bonds is 3. The molecule has 1 aromatic carbocycles. The SMILES string of the molecule is CN(C(=O)c1ccc2nonc2c1)C1CCN([S+](C)[O-])CC1. The van der Waals surface area contributed by atoms with Gasteiger partial charge in [-0.1, -0.05) is 0 Å². The lowest BCUT2D eigenvalue weighted by atomic mass is 10.0. The minimum absolute atomic E-state index is 0.0408. The van der Waals surface area contributed by atoms with E-state index >= 15 is 0 Å². The number of benzene rings is 1. The van der Waals surface area contributed by atoms with Crippen LogP contribution in [-0.4, -0.2) is 62.4 Å². The first kappa shape index (κ1) is 15.3. The number of amides is 1. The molecule has 2 aromatic rings. The average molecular weight is 322 g/mol. The first-order valence-corrected chi connectivity index (χ1v) is 8.65. The van der Waals surface area contributed by atoms with E-state index in [0.717, 1.165) is 25.9 Å². The maximum absolute atomic E-state index is 12.6. The molecule has 1 fully saturated rings. The summed E-state index contributed by atoms with van der Waals surface area (Å²) < 4.78 is 18.0. The van der Waals surface area contributed by atoms with Crippen LogP contribution in [0.5, 0.6) is 0 Å². The number of aromatic nitrogens is 2. The van der Waals surface area contributed by atoms with Crippen LogP contribution in [0.15, 0.2) is 22.8 Å². The van der Waals surface area contributed by atoms with E-state index in [1.165, 1.54) is 0 Å². The maximum atomic E-state index is 12.6. The molecule has 3 rings (SSSR count). The fraction of sp³-hybridized carbons (Fsp3) is 0.500. The minimum Gasteiger partial charge on any atom is -0.598 e. The summed E-state index contributed by atoms with van der Waals surface area (Å²) in [7, 11) is 1.82. The molecule has 1 aliphatic heterocycles. The maximum Gasteiger partial charge on any atom is 0.253 e. The third kappa shape index (κ3) is 2.94. The molecule has 1 amide bonds. The Morgan fingerprint density at radius 3 is 2.73 bits per heavy atom. The highest BCUT2D eigenvalue weighted by atomic mass is 32.2. The summed E-state index contributed by atoms with van der Waals surface area (Å²) in [6, 6.07) is 5.33. The Bertz CT molecular complexity index is 667. The lowest BCUT2D eigenvalue weighted by molar-refractivity contribution is 0.0682. The summed E-state index contributed by atoms with van der Waals surface area (Å²) in [5.41, 5.74) is 1.79. The molecular weight excluding hydrogens is 304 g/mol. The molecule has 0 bridgehead atoms. The Hall–Kier alpha value is -1.64. The summed E-state index contributed by atoms with van der Waals surface area (Å²) in [5, 5.41) is 7.50. The van der Waals surface area contributed by atoms with E-state index in [1.807, 2.05) is 11.4 Å². The van der Waals surface area contributed by atoms with Crippen LogP contribution < -0.4 is 0 Å². The van der Waals surface area contributed by atoms with Gasteiger partial charge in [-0.3, -0.25) is 4.79 Å². The van der Waals surface area contributed by atoms with Gasteiger partial charge in [0.1, 0.15) is 17.3 Å². The third-order valence-corrected chi connectivity index (χ3v) is 5.25. The van der Waals surface area contributed by atoms with Gasteiger partial charge in [-0.15, -0.1) is 4.31 Å². The number of fused-ring (bicyclic) bond motifs is 1. The zero-order valence-electron chi connectivity index (χ0n) is 12.6. The number of nitrogens with zero attached hydrogens (tertiary/aromatic N) is 4. The molecule has 0 aliphatic carbocycles. The van der Waals surface area contributed by atoms with E-state index < -0.39 is 11.4 Å². The van der Waals surface area contributed by atoms with Gasteiger partial charge in [-0.2, -0.15) is 0 Å². The van der Waals surface area contributed by atoms with Gasteiger partial charge >= 0.3 is 0 Å². The fourth-order valence-corrected chi connectivity index (χ4v) is 3.50. The number of hydrogen-bond acceptors (Lipinski definition) is 6. The number of hydrogen-bond donors (Lipinski definition) is 0. The number of carbonyl (C=O) groups is 1. The molecule has 8 heteroatoms. The number of carbonyl (C=O) groups excluding carboxylic acids is 1. The molecule has 1 unspecified atom stereocenters. The zero-order chi connectivity index (χ0) is 15.7. The number of piperidine rings is 1. The second kappa shape index (κ2) is 6.23. The van der Waals surface area contributed by atoms with Crippen molar-refractivity contribution in [3.8, 4) is 0 Å². The van der Waals surface area contributed by atoms with Gasteiger partial charge in [0.25, 0.3) is 5.91 Å². The van der Waals surface area contributed by atoms with E-state index in [1.54, 1.807) is 29.4 Å². The van der Waals surface area contributed by atoms with E-state index in [-0.39, 0.29) is 11.9 Å². The monoisotopic (exact) mass is 322 g/mol. The highest BCUT2D eigenvalue weighted by molar-refractivity contribution is 7.88. The molecule has 7 nitrogen and oxygen atoms in total. The lowest BCUT2D eigenvalue weighted by Gasteiger charge is -2.35. The quantitative estimate of drug-likeness (QED) is 0.785. The van der Waals surface area contributed by atoms with Crippen LogP contribution in [0.25, 0.3) is 11.0 Å². The molecule has 0 spiro atoms. The van der Waals surface area contributed by atoms with Crippen LogP contribution in [0.3, 0.4) is 0 Å². The first-order valence-electron chi connectivity index (χ1n) is 7.14. The molecule has 0 radical (unpaired) electrons. The molecule has 118 valence electrons. The average Bonchev–Trinajstić information content (AvgIpc) is 3.01. The van der Waals surface area contributed by atoms with Crippen LogP contribution in [0.4, 0.5) is 0 Å². The Morgan fingerprint density at radius 1 is 1.36 bits per heavy atom. The van der Waals surface area contributed by atoms with Crippen molar-refractivity contribution < 1.29 is 14.0 Å². The van der Waals surface area contributed by atoms with Crippen LogP contribution in [0.1, 0.15) is 23.2 Å². The zero-order valence-corrected chi connectivity index (χ0v) is 13.4. The normalized spacial score (nSPS) is 18.5. The highest BCUT2D eigenvalue weighted by Gasteiger charge is 2.29. The molecular formula is C14H18N4O3S. The van der Waals surface area contributed by atoms with E-state index in [2.05, 4.69) is 14.9 Å². The van der Waals surface area contributed by atoms with Gasteiger partial charge in [-0.05, 0) is 41.4 Å².